The van der Waals surface area contributed by atoms with Gasteiger partial charge in [0, 0.05) is 36.7 Å². The molecule has 1 amide bonds. The first-order chi connectivity index (χ1) is 9.51. The Bertz CT molecular complexity index is 545. The number of likely N-dealkylation sites (tertiary alicyclic amines) is 1. The van der Waals surface area contributed by atoms with Crippen molar-refractivity contribution >= 4 is 23.6 Å². The molecule has 1 aromatic heterocycles. The van der Waals surface area contributed by atoms with E-state index in [9.17, 15) is 9.59 Å². The van der Waals surface area contributed by atoms with Crippen LogP contribution in [0.25, 0.3) is 0 Å². The third-order valence-electron chi connectivity index (χ3n) is 3.54. The minimum absolute atomic E-state index is 0.0287. The highest BCUT2D eigenvalue weighted by Gasteiger charge is 2.30. The van der Waals surface area contributed by atoms with Crippen molar-refractivity contribution in [2.45, 2.75) is 19.3 Å². The van der Waals surface area contributed by atoms with Crippen molar-refractivity contribution in [3.8, 4) is 0 Å². The third kappa shape index (κ3) is 3.33. The molecule has 7 heteroatoms. The van der Waals surface area contributed by atoms with Crippen LogP contribution in [0.15, 0.2) is 10.9 Å². The van der Waals surface area contributed by atoms with Crippen LogP contribution >= 0.6 is 11.8 Å². The topological polar surface area (TPSA) is 92.1 Å². The van der Waals surface area contributed by atoms with Gasteiger partial charge in [-0.15, -0.1) is 0 Å². The zero-order valence-corrected chi connectivity index (χ0v) is 12.6. The minimum Gasteiger partial charge on any atom is -0.369 e. The molecule has 0 saturated carbocycles. The number of nitrogen functional groups attached to an aromatic ring is 1. The van der Waals surface area contributed by atoms with Crippen molar-refractivity contribution in [2.24, 2.45) is 5.92 Å². The molecule has 2 heterocycles. The van der Waals surface area contributed by atoms with Crippen molar-refractivity contribution in [3.63, 3.8) is 0 Å². The molecule has 2 atom stereocenters. The van der Waals surface area contributed by atoms with Crippen LogP contribution in [0.4, 0.5) is 5.95 Å². The molecular formula is C13H20N4O2S. The number of H-pyrrole nitrogens is 1. The zero-order chi connectivity index (χ0) is 14.7. The molecule has 20 heavy (non-hydrogen) atoms. The Morgan fingerprint density at radius 3 is 3.10 bits per heavy atom. The smallest absolute Gasteiger partial charge is 0.252 e. The number of nitrogens with one attached hydrogen (secondary N) is 1. The summed E-state index contributed by atoms with van der Waals surface area (Å²) in [5.41, 5.74) is 6.00. The number of aromatic nitrogens is 2. The summed E-state index contributed by atoms with van der Waals surface area (Å²) in [6.07, 6.45) is 2.83. The van der Waals surface area contributed by atoms with Crippen LogP contribution in [-0.4, -0.2) is 45.9 Å². The molecule has 0 aliphatic carbocycles. The lowest BCUT2D eigenvalue weighted by atomic mass is 10.0. The van der Waals surface area contributed by atoms with Crippen LogP contribution < -0.4 is 11.3 Å². The monoisotopic (exact) mass is 296 g/mol. The second-order valence-electron chi connectivity index (χ2n) is 5.18. The molecule has 0 aromatic carbocycles. The Kier molecular flexibility index (Phi) is 4.69. The van der Waals surface area contributed by atoms with Gasteiger partial charge in [0.2, 0.25) is 11.9 Å². The fraction of sp³-hybridized carbons (Fsp3) is 0.615. The Morgan fingerprint density at radius 1 is 1.70 bits per heavy atom. The summed E-state index contributed by atoms with van der Waals surface area (Å²) in [5.74, 6) is 1.27. The maximum absolute atomic E-state index is 12.2. The van der Waals surface area contributed by atoms with Crippen molar-refractivity contribution in [2.75, 3.05) is 30.8 Å². The van der Waals surface area contributed by atoms with Crippen molar-refractivity contribution in [3.05, 3.63) is 22.1 Å². The van der Waals surface area contributed by atoms with Gasteiger partial charge in [-0.1, -0.05) is 6.92 Å². The molecule has 1 aliphatic rings. The lowest BCUT2D eigenvalue weighted by molar-refractivity contribution is -0.133. The van der Waals surface area contributed by atoms with Gasteiger partial charge >= 0.3 is 0 Å². The number of carbonyl (C=O) groups excluding carboxylic acids is 1. The number of nitrogens with two attached hydrogens (primary N) is 1. The largest absolute Gasteiger partial charge is 0.369 e. The highest BCUT2D eigenvalue weighted by molar-refractivity contribution is 7.98. The van der Waals surface area contributed by atoms with Crippen LogP contribution in [0, 0.1) is 5.92 Å². The molecule has 1 aliphatic heterocycles. The number of hydrogen-bond acceptors (Lipinski definition) is 5. The highest BCUT2D eigenvalue weighted by atomic mass is 32.2. The number of amides is 1. The number of nitrogens with zero attached hydrogens (tertiary/aromatic N) is 2. The molecule has 0 spiro atoms. The summed E-state index contributed by atoms with van der Waals surface area (Å²) in [6, 6.07) is 1.47. The number of rotatable bonds is 4. The zero-order valence-electron chi connectivity index (χ0n) is 11.8. The number of thioether (sulfide) groups is 1. The van der Waals surface area contributed by atoms with Gasteiger partial charge in [-0.2, -0.15) is 11.8 Å². The predicted octanol–water partition coefficient (Wildman–Crippen LogP) is 0.667. The summed E-state index contributed by atoms with van der Waals surface area (Å²) < 4.78 is 0. The molecule has 110 valence electrons. The van der Waals surface area contributed by atoms with Gasteiger partial charge in [0.15, 0.2) is 0 Å². The maximum atomic E-state index is 12.2. The molecular weight excluding hydrogens is 276 g/mol. The van der Waals surface area contributed by atoms with E-state index in [1.807, 2.05) is 18.1 Å². The highest BCUT2D eigenvalue weighted by Crippen LogP contribution is 2.26. The lowest BCUT2D eigenvalue weighted by Gasteiger charge is -2.20. The second kappa shape index (κ2) is 6.30. The van der Waals surface area contributed by atoms with Crippen LogP contribution in [0.3, 0.4) is 0 Å². The van der Waals surface area contributed by atoms with Gasteiger partial charge in [-0.25, -0.2) is 4.98 Å². The van der Waals surface area contributed by atoms with Gasteiger partial charge in [0.05, 0.1) is 5.69 Å². The van der Waals surface area contributed by atoms with Gasteiger partial charge in [-0.3, -0.25) is 14.6 Å². The SMILES string of the molecule is CSCC(C)C(=O)N1CCC(c2cc(=O)[nH]c(N)n2)C1. The first-order valence-electron chi connectivity index (χ1n) is 6.65. The van der Waals surface area contributed by atoms with E-state index < -0.39 is 0 Å². The first-order valence-corrected chi connectivity index (χ1v) is 8.05. The van der Waals surface area contributed by atoms with Crippen LogP contribution in [0.1, 0.15) is 25.0 Å². The van der Waals surface area contributed by atoms with E-state index in [2.05, 4.69) is 9.97 Å². The Morgan fingerprint density at radius 2 is 2.45 bits per heavy atom. The van der Waals surface area contributed by atoms with E-state index in [-0.39, 0.29) is 29.3 Å². The number of hydrogen-bond donors (Lipinski definition) is 2. The summed E-state index contributed by atoms with van der Waals surface area (Å²) in [4.78, 5) is 32.1. The lowest BCUT2D eigenvalue weighted by Crippen LogP contribution is -2.34. The summed E-state index contributed by atoms with van der Waals surface area (Å²) in [6.45, 7) is 3.29. The van der Waals surface area contributed by atoms with Crippen LogP contribution in [0.5, 0.6) is 0 Å². The summed E-state index contributed by atoms with van der Waals surface area (Å²) in [7, 11) is 0. The van der Waals surface area contributed by atoms with Crippen molar-refractivity contribution < 1.29 is 4.79 Å². The van der Waals surface area contributed by atoms with E-state index in [0.29, 0.717) is 12.2 Å². The van der Waals surface area contributed by atoms with Crippen LogP contribution in [-0.2, 0) is 4.79 Å². The van der Waals surface area contributed by atoms with Crippen molar-refractivity contribution in [1.29, 1.82) is 0 Å². The molecule has 0 radical (unpaired) electrons. The fourth-order valence-corrected chi connectivity index (χ4v) is 3.18. The average Bonchev–Trinajstić information content (AvgIpc) is 2.86. The second-order valence-corrected chi connectivity index (χ2v) is 6.09. The van der Waals surface area contributed by atoms with Crippen molar-refractivity contribution in [1.82, 2.24) is 14.9 Å². The molecule has 2 rings (SSSR count). The number of aromatic amines is 1. The Labute approximate surface area is 122 Å². The fourth-order valence-electron chi connectivity index (χ4n) is 2.54. The van der Waals surface area contributed by atoms with Gasteiger partial charge in [0.1, 0.15) is 0 Å². The van der Waals surface area contributed by atoms with Crippen LogP contribution in [0.2, 0.25) is 0 Å². The number of anilines is 1. The molecule has 2 unspecified atom stereocenters. The van der Waals surface area contributed by atoms with E-state index in [0.717, 1.165) is 18.7 Å². The number of carbonyl (C=O) groups is 1. The minimum atomic E-state index is -0.243. The summed E-state index contributed by atoms with van der Waals surface area (Å²) in [5, 5.41) is 0. The quantitative estimate of drug-likeness (QED) is 0.852. The molecule has 1 saturated heterocycles. The van der Waals surface area contributed by atoms with E-state index in [1.54, 1.807) is 11.8 Å². The normalized spacial score (nSPS) is 20.1. The first kappa shape index (κ1) is 14.9. The predicted molar refractivity (Wildman–Crippen MR) is 80.8 cm³/mol. The van der Waals surface area contributed by atoms with E-state index in [1.165, 1.54) is 6.07 Å². The standard InChI is InChI=1S/C13H20N4O2S/c1-8(7-20-2)12(19)17-4-3-9(6-17)10-5-11(18)16-13(14)15-10/h5,8-9H,3-4,6-7H2,1-2H3,(H3,14,15,16,18). The molecule has 1 fully saturated rings. The van der Waals surface area contributed by atoms with E-state index in [4.69, 9.17) is 5.73 Å². The average molecular weight is 296 g/mol. The molecule has 1 aromatic rings. The molecule has 0 bridgehead atoms. The maximum Gasteiger partial charge on any atom is 0.252 e. The molecule has 6 nitrogen and oxygen atoms in total. The van der Waals surface area contributed by atoms with Gasteiger partial charge in [0.25, 0.3) is 5.56 Å². The van der Waals surface area contributed by atoms with Gasteiger partial charge < -0.3 is 10.6 Å². The third-order valence-corrected chi connectivity index (χ3v) is 4.37. The van der Waals surface area contributed by atoms with E-state index >= 15 is 0 Å². The Hall–Kier alpha value is -1.50. The Balaban J connectivity index is 2.05. The summed E-state index contributed by atoms with van der Waals surface area (Å²) >= 11 is 1.68. The van der Waals surface area contributed by atoms with Gasteiger partial charge in [-0.05, 0) is 12.7 Å². The molecule has 3 N–H and O–H groups in total.